The van der Waals surface area contributed by atoms with Gasteiger partial charge in [-0.05, 0) is 38.6 Å². The molecule has 124 valence electrons. The largest absolute Gasteiger partial charge is 0.494 e. The monoisotopic (exact) mass is 313 g/mol. The van der Waals surface area contributed by atoms with Crippen LogP contribution < -0.4 is 9.64 Å². The maximum absolute atomic E-state index is 5.51. The fraction of sp³-hybridized carbons (Fsp3) is 0.526. The Morgan fingerprint density at radius 2 is 2.09 bits per heavy atom. The number of anilines is 1. The molecule has 0 radical (unpaired) electrons. The van der Waals surface area contributed by atoms with E-state index in [0.29, 0.717) is 6.04 Å². The van der Waals surface area contributed by atoms with Gasteiger partial charge in [0.05, 0.1) is 7.11 Å². The number of aromatic nitrogens is 1. The second kappa shape index (κ2) is 6.75. The van der Waals surface area contributed by atoms with Crippen molar-refractivity contribution >= 4 is 16.6 Å². The second-order valence-electron chi connectivity index (χ2n) is 6.25. The van der Waals surface area contributed by atoms with Crippen LogP contribution in [0.4, 0.5) is 5.69 Å². The Morgan fingerprint density at radius 3 is 2.78 bits per heavy atom. The third-order valence-corrected chi connectivity index (χ3v) is 4.96. The molecule has 0 spiro atoms. The first-order valence-corrected chi connectivity index (χ1v) is 8.61. The normalized spacial score (nSPS) is 18.1. The Hall–Kier alpha value is -1.81. The molecule has 1 saturated heterocycles. The predicted molar refractivity (Wildman–Crippen MR) is 96.6 cm³/mol. The molecule has 1 aliphatic heterocycles. The number of benzene rings is 1. The summed E-state index contributed by atoms with van der Waals surface area (Å²) in [6.45, 7) is 11.0. The van der Waals surface area contributed by atoms with Gasteiger partial charge < -0.3 is 9.64 Å². The van der Waals surface area contributed by atoms with Gasteiger partial charge in [0.2, 0.25) is 0 Å². The van der Waals surface area contributed by atoms with Gasteiger partial charge in [-0.25, -0.2) is 4.98 Å². The van der Waals surface area contributed by atoms with E-state index in [0.717, 1.165) is 43.1 Å². The molecule has 0 amide bonds. The number of nitrogens with zero attached hydrogens (tertiary/aromatic N) is 3. The van der Waals surface area contributed by atoms with E-state index >= 15 is 0 Å². The number of fused-ring (bicyclic) bond motifs is 1. The smallest absolute Gasteiger partial charge is 0.145 e. The number of rotatable bonds is 5. The second-order valence-corrected chi connectivity index (χ2v) is 6.25. The average molecular weight is 313 g/mol. The van der Waals surface area contributed by atoms with Crippen molar-refractivity contribution in [2.45, 2.75) is 33.2 Å². The van der Waals surface area contributed by atoms with Crippen molar-refractivity contribution in [2.24, 2.45) is 0 Å². The van der Waals surface area contributed by atoms with Gasteiger partial charge in [-0.2, -0.15) is 0 Å². The lowest BCUT2D eigenvalue weighted by Crippen LogP contribution is -2.37. The maximum Gasteiger partial charge on any atom is 0.145 e. The Balaban J connectivity index is 1.97. The molecule has 1 aromatic heterocycles. The molecule has 1 unspecified atom stereocenters. The van der Waals surface area contributed by atoms with E-state index in [4.69, 9.17) is 9.72 Å². The van der Waals surface area contributed by atoms with Crippen LogP contribution in [0.2, 0.25) is 0 Å². The molecule has 4 heteroatoms. The average Bonchev–Trinajstić information content (AvgIpc) is 3.04. The molecule has 2 aromatic rings. The van der Waals surface area contributed by atoms with Crippen LogP contribution in [0.15, 0.2) is 24.3 Å². The molecule has 1 atom stereocenters. The van der Waals surface area contributed by atoms with Gasteiger partial charge in [0.1, 0.15) is 11.3 Å². The lowest BCUT2D eigenvalue weighted by atomic mass is 10.1. The molecule has 1 aromatic carbocycles. The van der Waals surface area contributed by atoms with Crippen LogP contribution >= 0.6 is 0 Å². The zero-order chi connectivity index (χ0) is 16.4. The molecule has 1 aliphatic rings. The van der Waals surface area contributed by atoms with Gasteiger partial charge in [0.15, 0.2) is 0 Å². The molecule has 0 aliphatic carbocycles. The van der Waals surface area contributed by atoms with Crippen LogP contribution in [0, 0.1) is 6.92 Å². The highest BCUT2D eigenvalue weighted by atomic mass is 16.5. The van der Waals surface area contributed by atoms with Gasteiger partial charge in [-0.15, -0.1) is 0 Å². The number of ether oxygens (including phenoxy) is 1. The molecule has 0 N–H and O–H groups in total. The molecule has 4 nitrogen and oxygen atoms in total. The molecule has 1 fully saturated rings. The Labute approximate surface area is 139 Å². The predicted octanol–water partition coefficient (Wildman–Crippen LogP) is 3.47. The number of likely N-dealkylation sites (N-methyl/N-ethyl adjacent to an activating group) is 1. The Bertz CT molecular complexity index is 682. The standard InChI is InChI=1S/C19H27N3O/c1-5-21(6-2)15-10-11-22(13-15)17-12-14(3)20-19-16(17)8-7-9-18(19)23-4/h7-9,12,15H,5-6,10-11,13H2,1-4H3. The van der Waals surface area contributed by atoms with Crippen molar-refractivity contribution in [3.63, 3.8) is 0 Å². The number of methoxy groups -OCH3 is 1. The minimum Gasteiger partial charge on any atom is -0.494 e. The van der Waals surface area contributed by atoms with E-state index in [-0.39, 0.29) is 0 Å². The Kier molecular flexibility index (Phi) is 4.71. The topological polar surface area (TPSA) is 28.6 Å². The molecule has 0 saturated carbocycles. The van der Waals surface area contributed by atoms with Gasteiger partial charge >= 0.3 is 0 Å². The number of pyridine rings is 1. The quantitative estimate of drug-likeness (QED) is 0.845. The van der Waals surface area contributed by atoms with Crippen LogP contribution in [-0.2, 0) is 0 Å². The van der Waals surface area contributed by atoms with Crippen LogP contribution in [0.5, 0.6) is 5.75 Å². The van der Waals surface area contributed by atoms with Gasteiger partial charge in [-0.1, -0.05) is 26.0 Å². The number of hydrogen-bond acceptors (Lipinski definition) is 4. The summed E-state index contributed by atoms with van der Waals surface area (Å²) in [7, 11) is 1.71. The van der Waals surface area contributed by atoms with Crippen molar-refractivity contribution in [1.82, 2.24) is 9.88 Å². The van der Waals surface area contributed by atoms with Gasteiger partial charge in [-0.3, -0.25) is 4.90 Å². The van der Waals surface area contributed by atoms with Crippen LogP contribution in [0.3, 0.4) is 0 Å². The van der Waals surface area contributed by atoms with Crippen LogP contribution in [0.25, 0.3) is 10.9 Å². The fourth-order valence-corrected chi connectivity index (χ4v) is 3.75. The zero-order valence-electron chi connectivity index (χ0n) is 14.7. The van der Waals surface area contributed by atoms with Crippen molar-refractivity contribution in [1.29, 1.82) is 0 Å². The fourth-order valence-electron chi connectivity index (χ4n) is 3.75. The van der Waals surface area contributed by atoms with E-state index in [1.807, 2.05) is 6.07 Å². The van der Waals surface area contributed by atoms with Crippen LogP contribution in [-0.4, -0.2) is 49.2 Å². The van der Waals surface area contributed by atoms with E-state index in [1.165, 1.54) is 17.5 Å². The third-order valence-electron chi connectivity index (χ3n) is 4.96. The third kappa shape index (κ3) is 3.00. The number of aryl methyl sites for hydroxylation is 1. The van der Waals surface area contributed by atoms with Crippen molar-refractivity contribution in [2.75, 3.05) is 38.2 Å². The summed E-state index contributed by atoms with van der Waals surface area (Å²) in [6, 6.07) is 9.07. The van der Waals surface area contributed by atoms with E-state index in [9.17, 15) is 0 Å². The molecular formula is C19H27N3O. The van der Waals surface area contributed by atoms with Gasteiger partial charge in [0.25, 0.3) is 0 Å². The van der Waals surface area contributed by atoms with Crippen molar-refractivity contribution in [3.05, 3.63) is 30.0 Å². The lowest BCUT2D eigenvalue weighted by Gasteiger charge is -2.27. The van der Waals surface area contributed by atoms with E-state index < -0.39 is 0 Å². The summed E-state index contributed by atoms with van der Waals surface area (Å²) in [6.07, 6.45) is 1.23. The summed E-state index contributed by atoms with van der Waals surface area (Å²) < 4.78 is 5.51. The lowest BCUT2D eigenvalue weighted by molar-refractivity contribution is 0.232. The van der Waals surface area contributed by atoms with Crippen molar-refractivity contribution in [3.8, 4) is 5.75 Å². The first kappa shape index (κ1) is 16.1. The first-order valence-electron chi connectivity index (χ1n) is 8.61. The summed E-state index contributed by atoms with van der Waals surface area (Å²) in [4.78, 5) is 9.78. The summed E-state index contributed by atoms with van der Waals surface area (Å²) in [5, 5.41) is 1.19. The highest BCUT2D eigenvalue weighted by Crippen LogP contribution is 2.34. The highest BCUT2D eigenvalue weighted by molar-refractivity contribution is 5.95. The SMILES string of the molecule is CCN(CC)C1CCN(c2cc(C)nc3c(OC)cccc23)C1. The summed E-state index contributed by atoms with van der Waals surface area (Å²) >= 11 is 0. The number of hydrogen-bond donors (Lipinski definition) is 0. The summed E-state index contributed by atoms with van der Waals surface area (Å²) in [5.41, 5.74) is 3.31. The minimum absolute atomic E-state index is 0.652. The maximum atomic E-state index is 5.51. The van der Waals surface area contributed by atoms with Crippen molar-refractivity contribution < 1.29 is 4.74 Å². The van der Waals surface area contributed by atoms with Gasteiger partial charge in [0, 0.05) is 35.9 Å². The molecule has 3 rings (SSSR count). The minimum atomic E-state index is 0.652. The Morgan fingerprint density at radius 1 is 1.30 bits per heavy atom. The summed E-state index contributed by atoms with van der Waals surface area (Å²) in [5.74, 6) is 0.854. The zero-order valence-corrected chi connectivity index (χ0v) is 14.7. The molecule has 2 heterocycles. The highest BCUT2D eigenvalue weighted by Gasteiger charge is 2.27. The van der Waals surface area contributed by atoms with E-state index in [2.05, 4.69) is 48.8 Å². The molecule has 0 bridgehead atoms. The molecular weight excluding hydrogens is 286 g/mol. The van der Waals surface area contributed by atoms with Crippen LogP contribution in [0.1, 0.15) is 26.0 Å². The molecule has 23 heavy (non-hydrogen) atoms. The van der Waals surface area contributed by atoms with E-state index in [1.54, 1.807) is 7.11 Å². The number of para-hydroxylation sites is 1. The first-order chi connectivity index (χ1) is 11.2.